The van der Waals surface area contributed by atoms with Crippen molar-refractivity contribution in [1.29, 1.82) is 0 Å². The number of hydrogen-bond acceptors (Lipinski definition) is 3. The Hall–Kier alpha value is -1.36. The van der Waals surface area contributed by atoms with Crippen molar-refractivity contribution in [2.45, 2.75) is 32.5 Å². The van der Waals surface area contributed by atoms with Gasteiger partial charge in [0.2, 0.25) is 5.91 Å². The molecule has 0 radical (unpaired) electrons. The van der Waals surface area contributed by atoms with Crippen LogP contribution in [0.3, 0.4) is 0 Å². The molecular formula is C9H15N3O2. The van der Waals surface area contributed by atoms with E-state index in [9.17, 15) is 9.90 Å². The van der Waals surface area contributed by atoms with Crippen molar-refractivity contribution >= 4 is 5.91 Å². The highest BCUT2D eigenvalue weighted by Gasteiger charge is 2.21. The van der Waals surface area contributed by atoms with Crippen molar-refractivity contribution in [3.8, 4) is 0 Å². The molecule has 2 N–H and O–H groups in total. The summed E-state index contributed by atoms with van der Waals surface area (Å²) in [5, 5.41) is 11.9. The van der Waals surface area contributed by atoms with Crippen LogP contribution in [0, 0.1) is 0 Å². The van der Waals surface area contributed by atoms with Gasteiger partial charge in [0, 0.05) is 12.4 Å². The quantitative estimate of drug-likeness (QED) is 0.684. The number of hydrogen-bond donors (Lipinski definition) is 2. The van der Waals surface area contributed by atoms with E-state index in [0.29, 0.717) is 0 Å². The number of imidazole rings is 1. The molecule has 0 saturated carbocycles. The number of rotatable bonds is 3. The Kier molecular flexibility index (Phi) is 2.90. The molecule has 14 heavy (non-hydrogen) atoms. The Morgan fingerprint density at radius 2 is 2.29 bits per heavy atom. The Balaban J connectivity index is 2.63. The van der Waals surface area contributed by atoms with Crippen molar-refractivity contribution in [2.75, 3.05) is 0 Å². The highest BCUT2D eigenvalue weighted by molar-refractivity contribution is 5.80. The third kappa shape index (κ3) is 2.85. The van der Waals surface area contributed by atoms with Gasteiger partial charge in [-0.05, 0) is 20.8 Å². The average Bonchev–Trinajstić information content (AvgIpc) is 2.51. The van der Waals surface area contributed by atoms with E-state index in [1.165, 1.54) is 13.8 Å². The topological polar surface area (TPSA) is 67.2 Å². The normalized spacial score (nSPS) is 13.7. The van der Waals surface area contributed by atoms with Crippen LogP contribution in [0.25, 0.3) is 0 Å². The number of carbonyl (C=O) groups is 1. The summed E-state index contributed by atoms with van der Waals surface area (Å²) < 4.78 is 1.67. The first-order valence-corrected chi connectivity index (χ1v) is 4.42. The minimum atomic E-state index is -1.19. The molecule has 0 saturated heterocycles. The van der Waals surface area contributed by atoms with Crippen molar-refractivity contribution < 1.29 is 9.90 Å². The van der Waals surface area contributed by atoms with Crippen molar-refractivity contribution in [3.63, 3.8) is 0 Å². The summed E-state index contributed by atoms with van der Waals surface area (Å²) in [7, 11) is 0. The van der Waals surface area contributed by atoms with Gasteiger partial charge < -0.3 is 15.0 Å². The fourth-order valence-electron chi connectivity index (χ4n) is 1.04. The van der Waals surface area contributed by atoms with Crippen LogP contribution in [0.4, 0.5) is 0 Å². The standard InChI is InChI=1S/C9H15N3O2/c1-7(12-5-4-10-6-12)8(13)11-9(2,3)14/h4-7,14H,1-3H3,(H,11,13). The molecule has 1 unspecified atom stereocenters. The van der Waals surface area contributed by atoms with E-state index in [0.717, 1.165) is 0 Å². The van der Waals surface area contributed by atoms with Crippen LogP contribution in [0.15, 0.2) is 18.7 Å². The number of amides is 1. The van der Waals surface area contributed by atoms with Gasteiger partial charge in [-0.15, -0.1) is 0 Å². The van der Waals surface area contributed by atoms with Gasteiger partial charge in [-0.25, -0.2) is 4.98 Å². The highest BCUT2D eigenvalue weighted by Crippen LogP contribution is 2.06. The van der Waals surface area contributed by atoms with Gasteiger partial charge in [0.25, 0.3) is 0 Å². The summed E-state index contributed by atoms with van der Waals surface area (Å²) in [6, 6.07) is -0.371. The molecule has 0 bridgehead atoms. The molecule has 0 aromatic carbocycles. The van der Waals surface area contributed by atoms with E-state index in [-0.39, 0.29) is 11.9 Å². The number of aliphatic hydroxyl groups is 1. The zero-order valence-corrected chi connectivity index (χ0v) is 8.56. The Labute approximate surface area is 82.8 Å². The highest BCUT2D eigenvalue weighted by atomic mass is 16.3. The second kappa shape index (κ2) is 3.79. The summed E-state index contributed by atoms with van der Waals surface area (Å²) in [5.41, 5.74) is -1.19. The monoisotopic (exact) mass is 197 g/mol. The number of nitrogens with zero attached hydrogens (tertiary/aromatic N) is 2. The molecule has 1 atom stereocenters. The number of carbonyl (C=O) groups excluding carboxylic acids is 1. The molecular weight excluding hydrogens is 182 g/mol. The molecule has 1 aromatic rings. The molecule has 0 aliphatic heterocycles. The van der Waals surface area contributed by atoms with Crippen LogP contribution in [-0.2, 0) is 4.79 Å². The van der Waals surface area contributed by atoms with Gasteiger partial charge >= 0.3 is 0 Å². The van der Waals surface area contributed by atoms with Crippen molar-refractivity contribution in [2.24, 2.45) is 0 Å². The predicted molar refractivity (Wildman–Crippen MR) is 51.4 cm³/mol. The van der Waals surface area contributed by atoms with Crippen LogP contribution in [0.2, 0.25) is 0 Å². The average molecular weight is 197 g/mol. The van der Waals surface area contributed by atoms with E-state index in [1.807, 2.05) is 0 Å². The van der Waals surface area contributed by atoms with Crippen LogP contribution in [0.1, 0.15) is 26.8 Å². The lowest BCUT2D eigenvalue weighted by Gasteiger charge is -2.22. The van der Waals surface area contributed by atoms with Gasteiger partial charge in [-0.1, -0.05) is 0 Å². The molecule has 0 aliphatic rings. The Morgan fingerprint density at radius 1 is 1.64 bits per heavy atom. The molecule has 0 spiro atoms. The first-order valence-electron chi connectivity index (χ1n) is 4.42. The molecule has 1 rings (SSSR count). The van der Waals surface area contributed by atoms with E-state index in [1.54, 1.807) is 30.2 Å². The minimum absolute atomic E-state index is 0.240. The second-order valence-electron chi connectivity index (χ2n) is 3.73. The summed E-state index contributed by atoms with van der Waals surface area (Å²) in [5.74, 6) is -0.240. The molecule has 1 amide bonds. The van der Waals surface area contributed by atoms with E-state index in [2.05, 4.69) is 10.3 Å². The maximum absolute atomic E-state index is 11.5. The van der Waals surface area contributed by atoms with Gasteiger partial charge in [0.1, 0.15) is 11.8 Å². The van der Waals surface area contributed by atoms with Crippen LogP contribution >= 0.6 is 0 Å². The van der Waals surface area contributed by atoms with Crippen LogP contribution in [-0.4, -0.2) is 26.3 Å². The maximum Gasteiger partial charge on any atom is 0.244 e. The molecule has 0 aliphatic carbocycles. The Bertz CT molecular complexity index is 300. The third-order valence-electron chi connectivity index (χ3n) is 1.78. The smallest absolute Gasteiger partial charge is 0.244 e. The van der Waals surface area contributed by atoms with Crippen molar-refractivity contribution in [3.05, 3.63) is 18.7 Å². The summed E-state index contributed by atoms with van der Waals surface area (Å²) in [6.45, 7) is 4.78. The number of nitrogens with one attached hydrogen (secondary N) is 1. The SMILES string of the molecule is CC(C(=O)NC(C)(C)O)n1ccnc1. The number of aromatic nitrogens is 2. The molecule has 5 nitrogen and oxygen atoms in total. The molecule has 0 fully saturated rings. The van der Waals surface area contributed by atoms with Gasteiger partial charge in [0.05, 0.1) is 6.33 Å². The molecule has 1 heterocycles. The van der Waals surface area contributed by atoms with Gasteiger partial charge in [-0.3, -0.25) is 4.79 Å². The van der Waals surface area contributed by atoms with Crippen LogP contribution < -0.4 is 5.32 Å². The van der Waals surface area contributed by atoms with E-state index >= 15 is 0 Å². The fraction of sp³-hybridized carbons (Fsp3) is 0.556. The fourth-order valence-corrected chi connectivity index (χ4v) is 1.04. The predicted octanol–water partition coefficient (Wildman–Crippen LogP) is 0.289. The lowest BCUT2D eigenvalue weighted by molar-refractivity contribution is -0.129. The zero-order chi connectivity index (χ0) is 10.8. The molecule has 78 valence electrons. The van der Waals surface area contributed by atoms with Crippen molar-refractivity contribution in [1.82, 2.24) is 14.9 Å². The largest absolute Gasteiger partial charge is 0.372 e. The summed E-state index contributed by atoms with van der Waals surface area (Å²) in [6.07, 6.45) is 4.87. The summed E-state index contributed by atoms with van der Waals surface area (Å²) >= 11 is 0. The molecule has 5 heteroatoms. The summed E-state index contributed by atoms with van der Waals surface area (Å²) in [4.78, 5) is 15.4. The minimum Gasteiger partial charge on any atom is -0.372 e. The lowest BCUT2D eigenvalue weighted by Crippen LogP contribution is -2.45. The maximum atomic E-state index is 11.5. The Morgan fingerprint density at radius 3 is 2.71 bits per heavy atom. The first-order chi connectivity index (χ1) is 6.40. The third-order valence-corrected chi connectivity index (χ3v) is 1.78. The lowest BCUT2D eigenvalue weighted by atomic mass is 10.2. The second-order valence-corrected chi connectivity index (χ2v) is 3.73. The van der Waals surface area contributed by atoms with Gasteiger partial charge in [-0.2, -0.15) is 0 Å². The van der Waals surface area contributed by atoms with E-state index < -0.39 is 5.72 Å². The molecule has 1 aromatic heterocycles. The van der Waals surface area contributed by atoms with E-state index in [4.69, 9.17) is 0 Å². The zero-order valence-electron chi connectivity index (χ0n) is 8.56. The van der Waals surface area contributed by atoms with Gasteiger partial charge in [0.15, 0.2) is 0 Å². The first kappa shape index (κ1) is 10.7. The van der Waals surface area contributed by atoms with Crippen LogP contribution in [0.5, 0.6) is 0 Å².